The van der Waals surface area contributed by atoms with Crippen molar-refractivity contribution in [3.8, 4) is 22.5 Å². The maximum Gasteiger partial charge on any atom is 0.408 e. The van der Waals surface area contributed by atoms with Crippen LogP contribution in [0.4, 0.5) is 10.5 Å². The second-order valence-electron chi connectivity index (χ2n) is 13.0. The van der Waals surface area contributed by atoms with Crippen LogP contribution in [0.2, 0.25) is 0 Å². The molecule has 3 amide bonds. The number of carbonyl (C=O) groups excluding carboxylic acids is 3. The van der Waals surface area contributed by atoms with Crippen molar-refractivity contribution in [3.63, 3.8) is 0 Å². The monoisotopic (exact) mass is 659 g/mol. The van der Waals surface area contributed by atoms with Crippen molar-refractivity contribution in [1.29, 1.82) is 0 Å². The Balaban J connectivity index is 1.03. The predicted octanol–water partition coefficient (Wildman–Crippen LogP) is 6.45. The Bertz CT molecular complexity index is 1940. The van der Waals surface area contributed by atoms with Gasteiger partial charge < -0.3 is 35.6 Å². The van der Waals surface area contributed by atoms with Gasteiger partial charge >= 0.3 is 6.09 Å². The fourth-order valence-corrected chi connectivity index (χ4v) is 6.77. The highest BCUT2D eigenvalue weighted by Crippen LogP contribution is 2.30. The molecule has 0 bridgehead atoms. The number of ether oxygens (including phenoxy) is 1. The lowest BCUT2D eigenvalue weighted by molar-refractivity contribution is -0.138. The molecule has 5 aromatic rings. The molecule has 5 N–H and O–H groups in total. The van der Waals surface area contributed by atoms with Gasteiger partial charge in [-0.1, -0.05) is 54.6 Å². The van der Waals surface area contributed by atoms with Gasteiger partial charge in [-0.25, -0.2) is 9.78 Å². The molecule has 49 heavy (non-hydrogen) atoms. The van der Waals surface area contributed by atoms with Crippen molar-refractivity contribution in [2.75, 3.05) is 18.4 Å². The van der Waals surface area contributed by atoms with Gasteiger partial charge in [0.05, 0.1) is 24.0 Å². The number of rotatable bonds is 9. The molecule has 3 aromatic carbocycles. The molecule has 7 rings (SSSR count). The van der Waals surface area contributed by atoms with Crippen molar-refractivity contribution < 1.29 is 19.1 Å². The van der Waals surface area contributed by atoms with Crippen molar-refractivity contribution >= 4 is 34.5 Å². The van der Waals surface area contributed by atoms with Gasteiger partial charge in [0.1, 0.15) is 17.9 Å². The Kier molecular flexibility index (Phi) is 9.17. The average molecular weight is 660 g/mol. The fraction of sp³-hybridized carbons (Fsp3) is 0.316. The van der Waals surface area contributed by atoms with E-state index < -0.39 is 18.2 Å². The van der Waals surface area contributed by atoms with Crippen LogP contribution in [0.3, 0.4) is 0 Å². The van der Waals surface area contributed by atoms with Gasteiger partial charge in [-0.15, -0.1) is 0 Å². The average Bonchev–Trinajstić information content (AvgIpc) is 3.93. The van der Waals surface area contributed by atoms with Crippen LogP contribution in [0.1, 0.15) is 63.0 Å². The lowest BCUT2D eigenvalue weighted by Crippen LogP contribution is -2.48. The van der Waals surface area contributed by atoms with E-state index in [1.54, 1.807) is 30.9 Å². The van der Waals surface area contributed by atoms with Crippen LogP contribution >= 0.6 is 0 Å². The highest BCUT2D eigenvalue weighted by Gasteiger charge is 2.38. The number of aromatic nitrogens is 3. The molecule has 3 atom stereocenters. The topological polar surface area (TPSA) is 144 Å². The Labute approximate surface area is 284 Å². The summed E-state index contributed by atoms with van der Waals surface area (Å²) in [6.07, 6.45) is 4.34. The van der Waals surface area contributed by atoms with Gasteiger partial charge in [-0.05, 0) is 87.0 Å². The summed E-state index contributed by atoms with van der Waals surface area (Å²) in [6, 6.07) is 23.8. The molecule has 2 aromatic heterocycles. The summed E-state index contributed by atoms with van der Waals surface area (Å²) in [4.78, 5) is 53.1. The summed E-state index contributed by atoms with van der Waals surface area (Å²) in [7, 11) is 0. The number of amides is 3. The van der Waals surface area contributed by atoms with Crippen LogP contribution in [0, 0.1) is 0 Å². The first-order chi connectivity index (χ1) is 23.8. The lowest BCUT2D eigenvalue weighted by atomic mass is 10.0. The molecule has 11 heteroatoms. The normalized spacial score (nSPS) is 18.1. The number of aromatic amines is 2. The van der Waals surface area contributed by atoms with E-state index in [-0.39, 0.29) is 17.9 Å². The van der Waals surface area contributed by atoms with Crippen molar-refractivity contribution in [2.45, 2.75) is 63.8 Å². The highest BCUT2D eigenvalue weighted by atomic mass is 16.6. The molecular weight excluding hydrogens is 618 g/mol. The molecule has 0 spiro atoms. The number of H-pyrrole nitrogens is 2. The minimum Gasteiger partial charge on any atom is -0.447 e. The zero-order valence-corrected chi connectivity index (χ0v) is 27.7. The van der Waals surface area contributed by atoms with Gasteiger partial charge in [0.2, 0.25) is 5.91 Å². The number of anilines is 1. The van der Waals surface area contributed by atoms with E-state index in [2.05, 4.69) is 61.2 Å². The summed E-state index contributed by atoms with van der Waals surface area (Å²) >= 11 is 0. The van der Waals surface area contributed by atoms with Crippen LogP contribution < -0.4 is 16.0 Å². The molecule has 11 nitrogen and oxygen atoms in total. The molecule has 2 aliphatic heterocycles. The molecule has 2 aliphatic rings. The zero-order valence-electron chi connectivity index (χ0n) is 27.7. The molecule has 0 aliphatic carbocycles. The summed E-state index contributed by atoms with van der Waals surface area (Å²) in [5.74, 6) is 0.373. The van der Waals surface area contributed by atoms with Crippen LogP contribution in [0.25, 0.3) is 33.4 Å². The molecule has 2 fully saturated rings. The van der Waals surface area contributed by atoms with Crippen molar-refractivity contribution in [3.05, 3.63) is 96.4 Å². The third-order valence-electron chi connectivity index (χ3n) is 9.20. The Hall–Kier alpha value is -5.42. The van der Waals surface area contributed by atoms with Crippen molar-refractivity contribution in [2.24, 2.45) is 0 Å². The van der Waals surface area contributed by atoms with E-state index in [4.69, 9.17) is 4.74 Å². The number of alkyl carbamates (subject to hydrolysis) is 1. The number of benzene rings is 3. The molecule has 0 saturated carbocycles. The summed E-state index contributed by atoms with van der Waals surface area (Å²) in [6.45, 7) is 4.93. The SMILES string of the molecule is CC(C)OC(=O)N[C@@H](C(=O)N1CCC[C@H]1C(=O)Nc1ccc2[nH]c(-c3ccc(-c4cnc([C@@H]5CCCN5)[nH]4)cc3)cc2c1)c1ccccc1. The number of carbonyl (C=O) groups is 3. The number of likely N-dealkylation sites (tertiary alicyclic amines) is 1. The van der Waals surface area contributed by atoms with Crippen LogP contribution in [0.15, 0.2) is 85.1 Å². The predicted molar refractivity (Wildman–Crippen MR) is 189 cm³/mol. The first-order valence-corrected chi connectivity index (χ1v) is 17.0. The number of hydrogen-bond donors (Lipinski definition) is 5. The number of nitrogens with one attached hydrogen (secondary N) is 5. The maximum absolute atomic E-state index is 13.9. The summed E-state index contributed by atoms with van der Waals surface area (Å²) in [5, 5.41) is 10.2. The van der Waals surface area contributed by atoms with Gasteiger partial charge in [-0.3, -0.25) is 9.59 Å². The maximum atomic E-state index is 13.9. The second kappa shape index (κ2) is 14.0. The quantitative estimate of drug-likeness (QED) is 0.123. The molecule has 0 radical (unpaired) electrons. The van der Waals surface area contributed by atoms with E-state index in [1.165, 1.54) is 6.42 Å². The van der Waals surface area contributed by atoms with Crippen LogP contribution in [-0.4, -0.2) is 63.0 Å². The minimum atomic E-state index is -0.976. The molecule has 252 valence electrons. The smallest absolute Gasteiger partial charge is 0.408 e. The van der Waals surface area contributed by atoms with Gasteiger partial charge in [-0.2, -0.15) is 0 Å². The number of hydrogen-bond acceptors (Lipinski definition) is 6. The van der Waals surface area contributed by atoms with Crippen molar-refractivity contribution in [1.82, 2.24) is 30.5 Å². The summed E-state index contributed by atoms with van der Waals surface area (Å²) < 4.78 is 5.27. The van der Waals surface area contributed by atoms with Crippen LogP contribution in [-0.2, 0) is 14.3 Å². The molecular formula is C38H41N7O4. The number of imidazole rings is 1. The Morgan fingerprint density at radius 2 is 1.67 bits per heavy atom. The van der Waals surface area contributed by atoms with Gasteiger partial charge in [0.25, 0.3) is 5.91 Å². The number of fused-ring (bicyclic) bond motifs is 1. The van der Waals surface area contributed by atoms with Crippen LogP contribution in [0.5, 0.6) is 0 Å². The van der Waals surface area contributed by atoms with Gasteiger partial charge in [0.15, 0.2) is 0 Å². The number of nitrogens with zero attached hydrogens (tertiary/aromatic N) is 2. The highest BCUT2D eigenvalue weighted by molar-refractivity contribution is 6.00. The third-order valence-corrected chi connectivity index (χ3v) is 9.20. The summed E-state index contributed by atoms with van der Waals surface area (Å²) in [5.41, 5.74) is 6.28. The van der Waals surface area contributed by atoms with Gasteiger partial charge in [0, 0.05) is 28.8 Å². The second-order valence-corrected chi connectivity index (χ2v) is 13.0. The zero-order chi connectivity index (χ0) is 33.9. The standard InChI is InChI=1S/C38H41N7O4/c1-23(2)49-38(48)44-34(26-8-4-3-5-9-26)37(47)45-19-7-11-33(45)36(46)41-28-16-17-29-27(20-28)21-31(42-29)24-12-14-25(15-13-24)32-22-40-35(43-32)30-10-6-18-39-30/h3-5,8-9,12-17,20-23,30,33-34,39,42H,6-7,10-11,18-19H2,1-2H3,(H,40,43)(H,41,46)(H,44,48)/t30-,33-,34+/m0/s1. The van der Waals surface area contributed by atoms with E-state index in [0.29, 0.717) is 36.7 Å². The first-order valence-electron chi connectivity index (χ1n) is 17.0. The molecule has 4 heterocycles. The lowest BCUT2D eigenvalue weighted by Gasteiger charge is -2.29. The molecule has 2 saturated heterocycles. The minimum absolute atomic E-state index is 0.265. The largest absolute Gasteiger partial charge is 0.447 e. The van der Waals surface area contributed by atoms with E-state index >= 15 is 0 Å². The van der Waals surface area contributed by atoms with E-state index in [0.717, 1.165) is 52.2 Å². The Morgan fingerprint density at radius 1 is 0.898 bits per heavy atom. The molecule has 0 unspecified atom stereocenters. The van der Waals surface area contributed by atoms with E-state index in [9.17, 15) is 14.4 Å². The third kappa shape index (κ3) is 7.07. The fourth-order valence-electron chi connectivity index (χ4n) is 6.77. The first kappa shape index (κ1) is 32.1. The Morgan fingerprint density at radius 3 is 2.41 bits per heavy atom. The van der Waals surface area contributed by atoms with E-state index in [1.807, 2.05) is 42.6 Å².